The SMILES string of the molecule is COc1cc(C(=O)O)c(F)cc1NS(=O)(=O)c1csc(-c2ccc(C3CCCCCC3)cc2)n1. The molecule has 0 bridgehead atoms. The van der Waals surface area contributed by atoms with E-state index < -0.39 is 27.4 Å². The molecule has 1 aliphatic rings. The van der Waals surface area contributed by atoms with Crippen LogP contribution in [0.5, 0.6) is 5.75 Å². The minimum absolute atomic E-state index is 0.119. The normalized spacial score (nSPS) is 15.0. The predicted octanol–water partition coefficient (Wildman–Crippen LogP) is 5.89. The number of benzene rings is 2. The number of aromatic nitrogens is 1. The van der Waals surface area contributed by atoms with Crippen molar-refractivity contribution in [2.24, 2.45) is 0 Å². The number of carboxylic acid groups (broad SMARTS) is 1. The van der Waals surface area contributed by atoms with E-state index in [-0.39, 0.29) is 16.5 Å². The summed E-state index contributed by atoms with van der Waals surface area (Å²) in [5, 5.41) is 10.8. The quantitative estimate of drug-likeness (QED) is 0.389. The van der Waals surface area contributed by atoms with E-state index in [0.29, 0.717) is 10.9 Å². The van der Waals surface area contributed by atoms with Crippen molar-refractivity contribution in [2.75, 3.05) is 11.8 Å². The van der Waals surface area contributed by atoms with Crippen LogP contribution in [0, 0.1) is 5.82 Å². The van der Waals surface area contributed by atoms with Crippen LogP contribution in [0.1, 0.15) is 60.4 Å². The zero-order chi connectivity index (χ0) is 24.3. The Morgan fingerprint density at radius 3 is 2.44 bits per heavy atom. The van der Waals surface area contributed by atoms with Gasteiger partial charge >= 0.3 is 5.97 Å². The van der Waals surface area contributed by atoms with Gasteiger partial charge in [-0.3, -0.25) is 4.72 Å². The van der Waals surface area contributed by atoms with Crippen molar-refractivity contribution in [1.82, 2.24) is 4.98 Å². The lowest BCUT2D eigenvalue weighted by molar-refractivity contribution is 0.0691. The van der Waals surface area contributed by atoms with Crippen LogP contribution in [0.4, 0.5) is 10.1 Å². The number of sulfonamides is 1. The van der Waals surface area contributed by atoms with E-state index in [0.717, 1.165) is 17.7 Å². The molecule has 1 aromatic heterocycles. The minimum Gasteiger partial charge on any atom is -0.495 e. The summed E-state index contributed by atoms with van der Waals surface area (Å²) in [5.41, 5.74) is 1.28. The molecule has 0 amide bonds. The van der Waals surface area contributed by atoms with Gasteiger partial charge in [0, 0.05) is 17.0 Å². The molecule has 3 aromatic rings. The number of rotatable bonds is 7. The monoisotopic (exact) mass is 504 g/mol. The molecular weight excluding hydrogens is 479 g/mol. The number of anilines is 1. The first-order valence-electron chi connectivity index (χ1n) is 11.0. The van der Waals surface area contributed by atoms with Crippen molar-refractivity contribution in [3.8, 4) is 16.3 Å². The van der Waals surface area contributed by atoms with Gasteiger partial charge in [-0.05, 0) is 30.4 Å². The van der Waals surface area contributed by atoms with Gasteiger partial charge in [-0.25, -0.2) is 14.2 Å². The summed E-state index contributed by atoms with van der Waals surface area (Å²) < 4.78 is 47.2. The predicted molar refractivity (Wildman–Crippen MR) is 129 cm³/mol. The fraction of sp³-hybridized carbons (Fsp3) is 0.333. The van der Waals surface area contributed by atoms with Crippen molar-refractivity contribution >= 4 is 33.0 Å². The summed E-state index contributed by atoms with van der Waals surface area (Å²) in [5.74, 6) is -2.12. The van der Waals surface area contributed by atoms with Crippen LogP contribution in [0.25, 0.3) is 10.6 Å². The molecule has 2 N–H and O–H groups in total. The molecule has 34 heavy (non-hydrogen) atoms. The van der Waals surface area contributed by atoms with Gasteiger partial charge in [0.2, 0.25) is 0 Å². The van der Waals surface area contributed by atoms with Gasteiger partial charge in [0.25, 0.3) is 10.0 Å². The highest BCUT2D eigenvalue weighted by Gasteiger charge is 2.23. The lowest BCUT2D eigenvalue weighted by atomic mass is 9.91. The van der Waals surface area contributed by atoms with Crippen LogP contribution >= 0.6 is 11.3 Å². The second-order valence-corrected chi connectivity index (χ2v) is 10.7. The molecule has 0 atom stereocenters. The standard InChI is InChI=1S/C24H25FN2O5S2/c1-32-21-12-18(24(28)29)19(25)13-20(21)27-34(30,31)22-14-33-23(26-22)17-10-8-16(9-11-17)15-6-4-2-3-5-7-15/h8-15,27H,2-7H2,1H3,(H,28,29). The Bertz CT molecular complexity index is 1280. The third-order valence-electron chi connectivity index (χ3n) is 6.01. The van der Waals surface area contributed by atoms with Crippen molar-refractivity contribution in [1.29, 1.82) is 0 Å². The highest BCUT2D eigenvalue weighted by molar-refractivity contribution is 7.92. The van der Waals surface area contributed by atoms with Crippen molar-refractivity contribution in [3.63, 3.8) is 0 Å². The number of halogens is 1. The zero-order valence-corrected chi connectivity index (χ0v) is 20.2. The summed E-state index contributed by atoms with van der Waals surface area (Å²) in [6.07, 6.45) is 7.48. The number of nitrogens with zero attached hydrogens (tertiary/aromatic N) is 1. The number of hydrogen-bond acceptors (Lipinski definition) is 6. The van der Waals surface area contributed by atoms with E-state index in [2.05, 4.69) is 21.8 Å². The first-order chi connectivity index (χ1) is 16.3. The highest BCUT2D eigenvalue weighted by atomic mass is 32.2. The maximum Gasteiger partial charge on any atom is 0.338 e. The molecule has 1 aliphatic carbocycles. The maximum absolute atomic E-state index is 14.1. The van der Waals surface area contributed by atoms with Gasteiger partial charge in [-0.1, -0.05) is 49.9 Å². The molecule has 0 unspecified atom stereocenters. The van der Waals surface area contributed by atoms with Crippen LogP contribution in [0.3, 0.4) is 0 Å². The number of hydrogen-bond donors (Lipinski definition) is 2. The topological polar surface area (TPSA) is 106 Å². The van der Waals surface area contributed by atoms with Crippen molar-refractivity contribution < 1.29 is 27.4 Å². The maximum atomic E-state index is 14.1. The summed E-state index contributed by atoms with van der Waals surface area (Å²) in [7, 11) is -2.92. The Morgan fingerprint density at radius 1 is 1.15 bits per heavy atom. The summed E-state index contributed by atoms with van der Waals surface area (Å²) in [4.78, 5) is 15.4. The zero-order valence-electron chi connectivity index (χ0n) is 18.6. The first kappa shape index (κ1) is 24.2. The first-order valence-corrected chi connectivity index (χ1v) is 13.3. The average Bonchev–Trinajstić information content (AvgIpc) is 3.16. The average molecular weight is 505 g/mol. The number of aromatic carboxylic acids is 1. The third-order valence-corrected chi connectivity index (χ3v) is 8.30. The smallest absolute Gasteiger partial charge is 0.338 e. The van der Waals surface area contributed by atoms with E-state index in [1.807, 2.05) is 12.1 Å². The van der Waals surface area contributed by atoms with Gasteiger partial charge in [0.05, 0.1) is 18.4 Å². The Labute approximate surface area is 201 Å². The number of nitrogens with one attached hydrogen (secondary N) is 1. The molecule has 4 rings (SSSR count). The number of ether oxygens (including phenoxy) is 1. The minimum atomic E-state index is -4.16. The third kappa shape index (κ3) is 5.23. The summed E-state index contributed by atoms with van der Waals surface area (Å²) >= 11 is 1.19. The number of carbonyl (C=O) groups is 1. The van der Waals surface area contributed by atoms with E-state index in [1.54, 1.807) is 0 Å². The second-order valence-electron chi connectivity index (χ2n) is 8.24. The number of thiazole rings is 1. The molecule has 7 nitrogen and oxygen atoms in total. The molecular formula is C24H25FN2O5S2. The lowest BCUT2D eigenvalue weighted by Crippen LogP contribution is -2.15. The largest absolute Gasteiger partial charge is 0.495 e. The van der Waals surface area contributed by atoms with Crippen molar-refractivity contribution in [2.45, 2.75) is 49.5 Å². The Morgan fingerprint density at radius 2 is 1.82 bits per heavy atom. The molecule has 0 spiro atoms. The fourth-order valence-electron chi connectivity index (χ4n) is 4.19. The molecule has 1 saturated carbocycles. The fourth-order valence-corrected chi connectivity index (χ4v) is 6.35. The van der Waals surface area contributed by atoms with Gasteiger partial charge in [0.1, 0.15) is 16.6 Å². The van der Waals surface area contributed by atoms with Gasteiger partial charge in [-0.15, -0.1) is 11.3 Å². The van der Waals surface area contributed by atoms with Crippen LogP contribution < -0.4 is 9.46 Å². The number of carboxylic acids is 1. The van der Waals surface area contributed by atoms with Crippen LogP contribution in [-0.2, 0) is 10.0 Å². The van der Waals surface area contributed by atoms with E-state index in [1.165, 1.54) is 67.9 Å². The second kappa shape index (κ2) is 10.1. The van der Waals surface area contributed by atoms with Gasteiger partial charge in [0.15, 0.2) is 5.03 Å². The summed E-state index contributed by atoms with van der Waals surface area (Å²) in [6.45, 7) is 0. The van der Waals surface area contributed by atoms with Crippen molar-refractivity contribution in [3.05, 3.63) is 58.7 Å². The van der Waals surface area contributed by atoms with Crippen LogP contribution in [-0.4, -0.2) is 31.6 Å². The molecule has 1 heterocycles. The van der Waals surface area contributed by atoms with E-state index in [4.69, 9.17) is 9.84 Å². The van der Waals surface area contributed by atoms with Crippen LogP contribution in [0.15, 0.2) is 46.8 Å². The van der Waals surface area contributed by atoms with Gasteiger partial charge in [-0.2, -0.15) is 8.42 Å². The molecule has 0 saturated heterocycles. The molecule has 1 fully saturated rings. The summed E-state index contributed by atoms with van der Waals surface area (Å²) in [6, 6.07) is 9.82. The highest BCUT2D eigenvalue weighted by Crippen LogP contribution is 2.34. The molecule has 0 aliphatic heterocycles. The molecule has 10 heteroatoms. The molecule has 0 radical (unpaired) electrons. The Hall–Kier alpha value is -2.98. The van der Waals surface area contributed by atoms with E-state index >= 15 is 0 Å². The molecule has 2 aromatic carbocycles. The lowest BCUT2D eigenvalue weighted by Gasteiger charge is -2.14. The van der Waals surface area contributed by atoms with E-state index in [9.17, 15) is 17.6 Å². The Kier molecular flexibility index (Phi) is 7.18. The van der Waals surface area contributed by atoms with Crippen LogP contribution in [0.2, 0.25) is 0 Å². The molecule has 180 valence electrons. The number of methoxy groups -OCH3 is 1. The van der Waals surface area contributed by atoms with Gasteiger partial charge < -0.3 is 9.84 Å². The Balaban J connectivity index is 1.54.